The Hall–Kier alpha value is -2.66. The average molecular weight is 361 g/mol. The van der Waals surface area contributed by atoms with Gasteiger partial charge in [0.05, 0.1) is 6.04 Å². The molecule has 27 heavy (non-hydrogen) atoms. The zero-order valence-corrected chi connectivity index (χ0v) is 14.8. The van der Waals surface area contributed by atoms with Crippen LogP contribution in [0.25, 0.3) is 11.1 Å². The first kappa shape index (κ1) is 15.4. The summed E-state index contributed by atoms with van der Waals surface area (Å²) < 4.78 is 8.12. The van der Waals surface area contributed by atoms with Gasteiger partial charge in [0.15, 0.2) is 5.43 Å². The highest BCUT2D eigenvalue weighted by Gasteiger charge is 2.44. The van der Waals surface area contributed by atoms with E-state index in [0.29, 0.717) is 12.5 Å². The smallest absolute Gasteiger partial charge is 0.341 e. The van der Waals surface area contributed by atoms with Gasteiger partial charge < -0.3 is 14.4 Å². The van der Waals surface area contributed by atoms with E-state index >= 15 is 0 Å². The zero-order chi connectivity index (χ0) is 18.3. The molecule has 0 unspecified atom stereocenters. The highest BCUT2D eigenvalue weighted by atomic mass is 16.5. The van der Waals surface area contributed by atoms with Crippen molar-refractivity contribution >= 4 is 17.1 Å². The monoisotopic (exact) mass is 361 g/mol. The number of aromatic carboxylic acids is 1. The molecule has 1 N–H and O–H groups in total. The predicted octanol–water partition coefficient (Wildman–Crippen LogP) is 3.23. The summed E-state index contributed by atoms with van der Waals surface area (Å²) in [6.45, 7) is 0.651. The maximum atomic E-state index is 12.4. The van der Waals surface area contributed by atoms with E-state index in [1.807, 2.05) is 4.57 Å². The van der Waals surface area contributed by atoms with Crippen molar-refractivity contribution in [2.24, 2.45) is 0 Å². The third kappa shape index (κ3) is 2.03. The SMILES string of the molecule is O=C(O)c1cn2c(cc1=O)C1=C(c3cccc(C4CC4)c3C1)[C@H]1OCC[C@H]12. The molecule has 1 aromatic heterocycles. The van der Waals surface area contributed by atoms with E-state index in [4.69, 9.17) is 4.74 Å². The van der Waals surface area contributed by atoms with Gasteiger partial charge in [0.2, 0.25) is 0 Å². The Morgan fingerprint density at radius 2 is 2.07 bits per heavy atom. The normalized spacial score (nSPS) is 25.0. The maximum absolute atomic E-state index is 12.4. The van der Waals surface area contributed by atoms with Crippen molar-refractivity contribution in [3.63, 3.8) is 0 Å². The fraction of sp³-hybridized carbons (Fsp3) is 0.364. The second-order valence-electron chi connectivity index (χ2n) is 8.01. The minimum atomic E-state index is -1.17. The first-order chi connectivity index (χ1) is 13.1. The molecular weight excluding hydrogens is 342 g/mol. The summed E-state index contributed by atoms with van der Waals surface area (Å²) in [6, 6.07) is 8.13. The second-order valence-corrected chi connectivity index (χ2v) is 8.01. The Morgan fingerprint density at radius 1 is 1.22 bits per heavy atom. The van der Waals surface area contributed by atoms with Crippen LogP contribution < -0.4 is 5.43 Å². The van der Waals surface area contributed by atoms with Crippen molar-refractivity contribution in [1.82, 2.24) is 4.57 Å². The third-order valence-electron chi connectivity index (χ3n) is 6.52. The summed E-state index contributed by atoms with van der Waals surface area (Å²) in [7, 11) is 0. The lowest BCUT2D eigenvalue weighted by molar-refractivity contribution is 0.0693. The van der Waals surface area contributed by atoms with E-state index in [2.05, 4.69) is 18.2 Å². The molecule has 0 spiro atoms. The Balaban J connectivity index is 1.60. The minimum absolute atomic E-state index is 0.0491. The van der Waals surface area contributed by atoms with Crippen LogP contribution in [0, 0.1) is 0 Å². The van der Waals surface area contributed by atoms with Crippen LogP contribution in [0.3, 0.4) is 0 Å². The van der Waals surface area contributed by atoms with Crippen LogP contribution in [0.5, 0.6) is 0 Å². The van der Waals surface area contributed by atoms with Gasteiger partial charge in [0.1, 0.15) is 11.7 Å². The summed E-state index contributed by atoms with van der Waals surface area (Å²) >= 11 is 0. The van der Waals surface area contributed by atoms with Gasteiger partial charge >= 0.3 is 5.97 Å². The molecule has 0 radical (unpaired) electrons. The van der Waals surface area contributed by atoms with Gasteiger partial charge in [-0.15, -0.1) is 0 Å². The number of aromatic nitrogens is 1. The molecule has 5 nitrogen and oxygen atoms in total. The molecule has 2 fully saturated rings. The molecule has 2 atom stereocenters. The van der Waals surface area contributed by atoms with Gasteiger partial charge in [-0.2, -0.15) is 0 Å². The van der Waals surface area contributed by atoms with Gasteiger partial charge in [-0.25, -0.2) is 4.79 Å². The quantitative estimate of drug-likeness (QED) is 0.892. The molecule has 2 aromatic rings. The number of fused-ring (bicyclic) bond motifs is 7. The summed E-state index contributed by atoms with van der Waals surface area (Å²) in [5.74, 6) is -0.505. The van der Waals surface area contributed by atoms with Crippen molar-refractivity contribution < 1.29 is 14.6 Å². The average Bonchev–Trinajstić information content (AvgIpc) is 3.24. The number of hydrogen-bond donors (Lipinski definition) is 1. The number of ether oxygens (including phenoxy) is 1. The lowest BCUT2D eigenvalue weighted by Gasteiger charge is -2.32. The topological polar surface area (TPSA) is 68.5 Å². The second kappa shape index (κ2) is 5.20. The van der Waals surface area contributed by atoms with Crippen LogP contribution in [0.2, 0.25) is 0 Å². The minimum Gasteiger partial charge on any atom is -0.477 e. The molecule has 1 saturated heterocycles. The molecule has 5 heteroatoms. The van der Waals surface area contributed by atoms with Crippen LogP contribution in [-0.2, 0) is 11.2 Å². The highest BCUT2D eigenvalue weighted by Crippen LogP contribution is 2.53. The van der Waals surface area contributed by atoms with Crippen LogP contribution >= 0.6 is 0 Å². The summed E-state index contributed by atoms with van der Waals surface area (Å²) in [5.41, 5.74) is 6.72. The Kier molecular flexibility index (Phi) is 2.97. The summed E-state index contributed by atoms with van der Waals surface area (Å²) in [4.78, 5) is 23.9. The number of carboxylic acid groups (broad SMARTS) is 1. The molecular formula is C22H19NO4. The van der Waals surface area contributed by atoms with E-state index in [9.17, 15) is 14.7 Å². The number of carboxylic acids is 1. The number of carbonyl (C=O) groups is 1. The first-order valence-corrected chi connectivity index (χ1v) is 9.60. The van der Waals surface area contributed by atoms with Crippen LogP contribution in [0.1, 0.15) is 64.0 Å². The predicted molar refractivity (Wildman–Crippen MR) is 100.0 cm³/mol. The van der Waals surface area contributed by atoms with E-state index in [-0.39, 0.29) is 17.7 Å². The molecule has 4 aliphatic rings. The van der Waals surface area contributed by atoms with Crippen LogP contribution in [0.15, 0.2) is 35.3 Å². The van der Waals surface area contributed by atoms with Gasteiger partial charge in [-0.3, -0.25) is 4.79 Å². The van der Waals surface area contributed by atoms with Gasteiger partial charge in [-0.1, -0.05) is 18.2 Å². The molecule has 0 amide bonds. The largest absolute Gasteiger partial charge is 0.477 e. The first-order valence-electron chi connectivity index (χ1n) is 9.60. The number of benzene rings is 1. The third-order valence-corrected chi connectivity index (χ3v) is 6.52. The Morgan fingerprint density at radius 3 is 2.85 bits per heavy atom. The van der Waals surface area contributed by atoms with E-state index in [1.165, 1.54) is 47.4 Å². The molecule has 1 aromatic carbocycles. The number of hydrogen-bond acceptors (Lipinski definition) is 3. The van der Waals surface area contributed by atoms with Crippen LogP contribution in [-0.4, -0.2) is 28.4 Å². The molecule has 1 saturated carbocycles. The summed E-state index contributed by atoms with van der Waals surface area (Å²) in [6.07, 6.45) is 5.60. The highest BCUT2D eigenvalue weighted by molar-refractivity contribution is 6.00. The fourth-order valence-corrected chi connectivity index (χ4v) is 5.18. The van der Waals surface area contributed by atoms with Crippen molar-refractivity contribution in [2.45, 2.75) is 43.7 Å². The number of nitrogens with zero attached hydrogens (tertiary/aromatic N) is 1. The number of pyridine rings is 1. The van der Waals surface area contributed by atoms with E-state index < -0.39 is 11.4 Å². The summed E-state index contributed by atoms with van der Waals surface area (Å²) in [5, 5.41) is 9.38. The number of rotatable bonds is 2. The molecule has 6 rings (SSSR count). The van der Waals surface area contributed by atoms with Gasteiger partial charge in [0, 0.05) is 31.0 Å². The Bertz CT molecular complexity index is 1110. The molecule has 0 bridgehead atoms. The van der Waals surface area contributed by atoms with Crippen molar-refractivity contribution in [3.05, 3.63) is 68.6 Å². The molecule has 3 heterocycles. The molecule has 2 aliphatic heterocycles. The van der Waals surface area contributed by atoms with Crippen molar-refractivity contribution in [3.8, 4) is 0 Å². The fourth-order valence-electron chi connectivity index (χ4n) is 5.18. The van der Waals surface area contributed by atoms with E-state index in [0.717, 1.165) is 24.1 Å². The maximum Gasteiger partial charge on any atom is 0.341 e. The molecule has 136 valence electrons. The van der Waals surface area contributed by atoms with Crippen LogP contribution in [0.4, 0.5) is 0 Å². The lowest BCUT2D eigenvalue weighted by Crippen LogP contribution is -2.31. The zero-order valence-electron chi connectivity index (χ0n) is 14.8. The van der Waals surface area contributed by atoms with Gasteiger partial charge in [-0.05, 0) is 53.0 Å². The Labute approximate surface area is 155 Å². The van der Waals surface area contributed by atoms with Crippen molar-refractivity contribution in [1.29, 1.82) is 0 Å². The van der Waals surface area contributed by atoms with Crippen molar-refractivity contribution in [2.75, 3.05) is 6.61 Å². The van der Waals surface area contributed by atoms with Gasteiger partial charge in [0.25, 0.3) is 0 Å². The standard InChI is InChI=1S/C22H19NO4/c24-19-9-18-15-8-14-12(11-4-5-11)2-1-3-13(14)20(15)21-17(6-7-27-21)23(18)10-16(19)22(25)26/h1-3,9-11,17,21H,4-8H2,(H,25,26)/t17-,21+/m1/s1. The number of allylic oxidation sites excluding steroid dienone is 1. The molecule has 2 aliphatic carbocycles. The lowest BCUT2D eigenvalue weighted by atomic mass is 9.89. The van der Waals surface area contributed by atoms with E-state index in [1.54, 1.807) is 0 Å².